The highest BCUT2D eigenvalue weighted by Gasteiger charge is 1.79. The molecule has 0 N–H and O–H groups in total. The minimum Gasteiger partial charge on any atom is -0.303 e. The van der Waals surface area contributed by atoms with Gasteiger partial charge in [-0.25, -0.2) is 0 Å². The highest BCUT2D eigenvalue weighted by atomic mass is 16.1. The number of aldehydes is 1. The third-order valence-corrected chi connectivity index (χ3v) is 1.50. The zero-order valence-corrected chi connectivity index (χ0v) is 9.42. The molecule has 0 aliphatic rings. The fraction of sp³-hybridized carbons (Fsp3) is 0.267. The van der Waals surface area contributed by atoms with E-state index in [1.807, 2.05) is 18.2 Å². The highest BCUT2D eigenvalue weighted by molar-refractivity contribution is 5.49. The Balaban J connectivity index is 3.72. The third kappa shape index (κ3) is 11.8. The Labute approximate surface area is 97.6 Å². The van der Waals surface area contributed by atoms with Gasteiger partial charge < -0.3 is 4.79 Å². The number of rotatable bonds is 5. The predicted molar refractivity (Wildman–Crippen MR) is 67.2 cm³/mol. The second kappa shape index (κ2) is 12.8. The van der Waals surface area contributed by atoms with Crippen molar-refractivity contribution in [2.75, 3.05) is 0 Å². The zero-order valence-electron chi connectivity index (χ0n) is 9.42. The summed E-state index contributed by atoms with van der Waals surface area (Å²) in [5, 5.41) is 0. The molecule has 0 unspecified atom stereocenters. The molecule has 80 valence electrons. The molecule has 0 aromatic carbocycles. The number of hydrogen-bond donors (Lipinski definition) is 0. The SMILES string of the molecule is CC#CC#CC#C/C=C/C=C/CCCC=O. The number of carbonyl (C=O) groups excluding carboxylic acids is 1. The van der Waals surface area contributed by atoms with Crippen LogP contribution in [0.25, 0.3) is 0 Å². The number of carbonyl (C=O) groups is 1. The Morgan fingerprint density at radius 1 is 1.00 bits per heavy atom. The molecule has 1 nitrogen and oxygen atoms in total. The average molecular weight is 210 g/mol. The lowest BCUT2D eigenvalue weighted by Crippen LogP contribution is -1.72. The van der Waals surface area contributed by atoms with E-state index in [0.717, 1.165) is 19.1 Å². The van der Waals surface area contributed by atoms with Crippen LogP contribution < -0.4 is 0 Å². The van der Waals surface area contributed by atoms with Crippen LogP contribution >= 0.6 is 0 Å². The van der Waals surface area contributed by atoms with Crippen LogP contribution in [0.1, 0.15) is 26.2 Å². The monoisotopic (exact) mass is 210 g/mol. The van der Waals surface area contributed by atoms with Crippen LogP contribution in [-0.2, 0) is 4.79 Å². The van der Waals surface area contributed by atoms with E-state index in [1.165, 1.54) is 0 Å². The van der Waals surface area contributed by atoms with Crippen molar-refractivity contribution in [3.63, 3.8) is 0 Å². The Hall–Kier alpha value is -2.17. The van der Waals surface area contributed by atoms with E-state index in [2.05, 4.69) is 35.5 Å². The van der Waals surface area contributed by atoms with E-state index in [9.17, 15) is 4.79 Å². The molecule has 16 heavy (non-hydrogen) atoms. The molecule has 0 saturated carbocycles. The van der Waals surface area contributed by atoms with Crippen molar-refractivity contribution in [2.45, 2.75) is 26.2 Å². The summed E-state index contributed by atoms with van der Waals surface area (Å²) in [5.74, 6) is 15.9. The molecular formula is C15H14O. The molecule has 0 atom stereocenters. The van der Waals surface area contributed by atoms with Crippen LogP contribution in [0.3, 0.4) is 0 Å². The standard InChI is InChI=1S/C15H14O/c1-2-3-4-5-6-7-8-9-10-11-12-13-14-15-16/h8-11,15H,12-14H2,1H3/b9-8+,11-10+. The van der Waals surface area contributed by atoms with Gasteiger partial charge >= 0.3 is 0 Å². The van der Waals surface area contributed by atoms with Crippen molar-refractivity contribution in [3.8, 4) is 35.5 Å². The molecule has 0 saturated heterocycles. The van der Waals surface area contributed by atoms with E-state index in [-0.39, 0.29) is 0 Å². The topological polar surface area (TPSA) is 17.1 Å². The molecule has 0 spiro atoms. The summed E-state index contributed by atoms with van der Waals surface area (Å²) >= 11 is 0. The maximum Gasteiger partial charge on any atom is 0.120 e. The lowest BCUT2D eigenvalue weighted by molar-refractivity contribution is -0.107. The van der Waals surface area contributed by atoms with Gasteiger partial charge in [0.15, 0.2) is 0 Å². The van der Waals surface area contributed by atoms with Crippen molar-refractivity contribution in [1.82, 2.24) is 0 Å². The molecule has 0 aliphatic carbocycles. The van der Waals surface area contributed by atoms with Gasteiger partial charge in [0, 0.05) is 6.42 Å². The molecule has 0 aromatic rings. The zero-order chi connectivity index (χ0) is 11.9. The molecule has 0 aromatic heterocycles. The van der Waals surface area contributed by atoms with Crippen molar-refractivity contribution in [1.29, 1.82) is 0 Å². The second-order valence-corrected chi connectivity index (χ2v) is 2.78. The van der Waals surface area contributed by atoms with Gasteiger partial charge in [-0.1, -0.05) is 30.1 Å². The van der Waals surface area contributed by atoms with E-state index >= 15 is 0 Å². The van der Waals surface area contributed by atoms with E-state index < -0.39 is 0 Å². The van der Waals surface area contributed by atoms with Crippen LogP contribution in [0, 0.1) is 35.5 Å². The minimum absolute atomic E-state index is 0.627. The highest BCUT2D eigenvalue weighted by Crippen LogP contribution is 1.93. The molecular weight excluding hydrogens is 196 g/mol. The van der Waals surface area contributed by atoms with Crippen LogP contribution in [0.15, 0.2) is 24.3 Å². The normalized spacial score (nSPS) is 8.56. The van der Waals surface area contributed by atoms with Crippen molar-refractivity contribution >= 4 is 6.29 Å². The van der Waals surface area contributed by atoms with Gasteiger partial charge in [-0.05, 0) is 49.5 Å². The smallest absolute Gasteiger partial charge is 0.120 e. The molecule has 1 heteroatoms. The summed E-state index contributed by atoms with van der Waals surface area (Å²) in [5.41, 5.74) is 0. The van der Waals surface area contributed by atoms with Crippen LogP contribution in [0.5, 0.6) is 0 Å². The summed E-state index contributed by atoms with van der Waals surface area (Å²) in [6.07, 6.45) is 10.9. The van der Waals surface area contributed by atoms with Crippen molar-refractivity contribution in [2.24, 2.45) is 0 Å². The quantitative estimate of drug-likeness (QED) is 0.295. The maximum atomic E-state index is 10.0. The third-order valence-electron chi connectivity index (χ3n) is 1.50. The van der Waals surface area contributed by atoms with Gasteiger partial charge in [0.2, 0.25) is 0 Å². The number of allylic oxidation sites excluding steroid dienone is 4. The summed E-state index contributed by atoms with van der Waals surface area (Å²) in [6.45, 7) is 1.73. The van der Waals surface area contributed by atoms with Crippen LogP contribution in [0.2, 0.25) is 0 Å². The molecule has 0 aliphatic heterocycles. The Morgan fingerprint density at radius 2 is 1.81 bits per heavy atom. The Bertz CT molecular complexity index is 419. The molecule has 0 heterocycles. The average Bonchev–Trinajstić information content (AvgIpc) is 2.31. The minimum atomic E-state index is 0.627. The molecule has 0 amide bonds. The summed E-state index contributed by atoms with van der Waals surface area (Å²) < 4.78 is 0. The van der Waals surface area contributed by atoms with E-state index in [4.69, 9.17) is 0 Å². The van der Waals surface area contributed by atoms with Crippen LogP contribution in [0.4, 0.5) is 0 Å². The van der Waals surface area contributed by atoms with Gasteiger partial charge in [-0.3, -0.25) is 0 Å². The number of hydrogen-bond acceptors (Lipinski definition) is 1. The van der Waals surface area contributed by atoms with Gasteiger partial charge in [0.05, 0.1) is 0 Å². The first-order chi connectivity index (χ1) is 7.91. The van der Waals surface area contributed by atoms with Gasteiger partial charge in [-0.2, -0.15) is 0 Å². The fourth-order valence-corrected chi connectivity index (χ4v) is 0.800. The van der Waals surface area contributed by atoms with Crippen LogP contribution in [-0.4, -0.2) is 6.29 Å². The van der Waals surface area contributed by atoms with E-state index in [0.29, 0.717) is 6.42 Å². The molecule has 0 rings (SSSR count). The van der Waals surface area contributed by atoms with E-state index in [1.54, 1.807) is 13.0 Å². The first-order valence-electron chi connectivity index (χ1n) is 5.09. The summed E-state index contributed by atoms with van der Waals surface area (Å²) in [7, 11) is 0. The van der Waals surface area contributed by atoms with Gasteiger partial charge in [0.1, 0.15) is 6.29 Å². The van der Waals surface area contributed by atoms with Crippen molar-refractivity contribution < 1.29 is 4.79 Å². The molecule has 0 bridgehead atoms. The second-order valence-electron chi connectivity index (χ2n) is 2.78. The van der Waals surface area contributed by atoms with Gasteiger partial charge in [-0.15, -0.1) is 0 Å². The first kappa shape index (κ1) is 13.8. The largest absolute Gasteiger partial charge is 0.303 e. The maximum absolute atomic E-state index is 10.0. The van der Waals surface area contributed by atoms with Gasteiger partial charge in [0.25, 0.3) is 0 Å². The fourth-order valence-electron chi connectivity index (χ4n) is 0.800. The van der Waals surface area contributed by atoms with Crippen molar-refractivity contribution in [3.05, 3.63) is 24.3 Å². The molecule has 0 fully saturated rings. The summed E-state index contributed by atoms with van der Waals surface area (Å²) in [6, 6.07) is 0. The molecule has 0 radical (unpaired) electrons. The predicted octanol–water partition coefficient (Wildman–Crippen LogP) is 2.50. The first-order valence-corrected chi connectivity index (χ1v) is 5.09. The lowest BCUT2D eigenvalue weighted by atomic mass is 10.2. The Kier molecular flexibility index (Phi) is 11.1. The Morgan fingerprint density at radius 3 is 2.56 bits per heavy atom. The number of unbranched alkanes of at least 4 members (excludes halogenated alkanes) is 2. The summed E-state index contributed by atoms with van der Waals surface area (Å²) in [4.78, 5) is 10.0. The lowest BCUT2D eigenvalue weighted by Gasteiger charge is -1.84.